The van der Waals surface area contributed by atoms with E-state index in [2.05, 4.69) is 11.8 Å². The fourth-order valence-corrected chi connectivity index (χ4v) is 2.39. The van der Waals surface area contributed by atoms with Gasteiger partial charge >= 0.3 is 6.18 Å². The summed E-state index contributed by atoms with van der Waals surface area (Å²) in [6, 6.07) is 3.92. The van der Waals surface area contributed by atoms with E-state index in [0.717, 1.165) is 12.1 Å². The maximum Gasteiger partial charge on any atom is 0.416 e. The highest BCUT2D eigenvalue weighted by molar-refractivity contribution is 7.99. The van der Waals surface area contributed by atoms with Crippen LogP contribution in [-0.2, 0) is 6.18 Å². The van der Waals surface area contributed by atoms with Crippen molar-refractivity contribution in [2.24, 2.45) is 0 Å². The largest absolute Gasteiger partial charge is 0.508 e. The molecule has 0 radical (unpaired) electrons. The van der Waals surface area contributed by atoms with Crippen molar-refractivity contribution in [1.82, 2.24) is 0 Å². The summed E-state index contributed by atoms with van der Waals surface area (Å²) >= 11 is 2.09. The molecule has 0 amide bonds. The molecule has 96 valence electrons. The Bertz CT molecular complexity index is 323. The second kappa shape index (κ2) is 6.79. The second-order valence-electron chi connectivity index (χ2n) is 3.72. The Kier molecular flexibility index (Phi) is 5.68. The number of halogens is 3. The number of thioether (sulfide) groups is 1. The lowest BCUT2D eigenvalue weighted by Crippen LogP contribution is -2.03. The monoisotopic (exact) mass is 264 g/mol. The molecule has 0 bridgehead atoms. The second-order valence-corrected chi connectivity index (χ2v) is 4.95. The Morgan fingerprint density at radius 3 is 2.00 bits per heavy atom. The highest BCUT2D eigenvalue weighted by Gasteiger charge is 2.30. The number of aromatic hydroxyl groups is 1. The molecule has 1 aliphatic rings. The molecule has 1 N–H and O–H groups in total. The number of hydrogen-bond donors (Lipinski definition) is 1. The highest BCUT2D eigenvalue weighted by Crippen LogP contribution is 2.30. The first-order valence-electron chi connectivity index (χ1n) is 5.44. The summed E-state index contributed by atoms with van der Waals surface area (Å²) in [5.74, 6) is 2.46. The van der Waals surface area contributed by atoms with Crippen LogP contribution in [0.4, 0.5) is 13.2 Å². The summed E-state index contributed by atoms with van der Waals surface area (Å²) in [6.45, 7) is 0. The fraction of sp³-hybridized carbons (Fsp3) is 0.500. The molecule has 1 heterocycles. The Morgan fingerprint density at radius 2 is 1.71 bits per heavy atom. The summed E-state index contributed by atoms with van der Waals surface area (Å²) < 4.78 is 35.6. The van der Waals surface area contributed by atoms with E-state index in [1.165, 1.54) is 36.8 Å². The normalized spacial score (nSPS) is 15.9. The van der Waals surface area contributed by atoms with Gasteiger partial charge in [-0.15, -0.1) is 0 Å². The lowest BCUT2D eigenvalue weighted by atomic mass is 10.2. The maximum atomic E-state index is 11.9. The van der Waals surface area contributed by atoms with Crippen LogP contribution in [-0.4, -0.2) is 16.6 Å². The number of rotatable bonds is 0. The summed E-state index contributed by atoms with van der Waals surface area (Å²) in [5.41, 5.74) is -0.836. The van der Waals surface area contributed by atoms with E-state index in [1.54, 1.807) is 0 Å². The van der Waals surface area contributed by atoms with E-state index in [-0.39, 0.29) is 5.75 Å². The molecule has 1 aromatic rings. The van der Waals surface area contributed by atoms with Crippen LogP contribution in [0.5, 0.6) is 5.75 Å². The minimum Gasteiger partial charge on any atom is -0.508 e. The maximum absolute atomic E-state index is 11.9. The standard InChI is InChI=1S/C7H5F3O.C5H10S/c8-7(9,10)5-2-1-3-6(11)4-5;1-2-4-6-5-3-1/h1-4,11H;1-5H2. The van der Waals surface area contributed by atoms with Gasteiger partial charge in [0.1, 0.15) is 5.75 Å². The summed E-state index contributed by atoms with van der Waals surface area (Å²) in [7, 11) is 0. The molecule has 0 aliphatic carbocycles. The first-order valence-corrected chi connectivity index (χ1v) is 6.59. The lowest BCUT2D eigenvalue weighted by molar-refractivity contribution is -0.137. The molecule has 0 atom stereocenters. The van der Waals surface area contributed by atoms with Crippen LogP contribution >= 0.6 is 11.8 Å². The first-order chi connectivity index (χ1) is 8.00. The van der Waals surface area contributed by atoms with Gasteiger partial charge in [0.05, 0.1) is 5.56 Å². The van der Waals surface area contributed by atoms with Gasteiger partial charge in [-0.2, -0.15) is 24.9 Å². The Labute approximate surface area is 103 Å². The Morgan fingerprint density at radius 1 is 1.06 bits per heavy atom. The first kappa shape index (κ1) is 14.2. The molecule has 1 saturated heterocycles. The SMILES string of the molecule is C1CCSCC1.Oc1cccc(C(F)(F)F)c1. The van der Waals surface area contributed by atoms with Crippen LogP contribution in [0.3, 0.4) is 0 Å². The van der Waals surface area contributed by atoms with Crippen molar-refractivity contribution in [3.05, 3.63) is 29.8 Å². The average Bonchev–Trinajstić information content (AvgIpc) is 2.31. The molecular formula is C12H15F3OS. The molecule has 0 aromatic heterocycles. The molecule has 1 aliphatic heterocycles. The number of benzene rings is 1. The van der Waals surface area contributed by atoms with Crippen molar-refractivity contribution in [3.8, 4) is 5.75 Å². The van der Waals surface area contributed by atoms with E-state index in [4.69, 9.17) is 5.11 Å². The number of phenolic OH excluding ortho intramolecular Hbond substituents is 1. The van der Waals surface area contributed by atoms with E-state index < -0.39 is 11.7 Å². The van der Waals surface area contributed by atoms with Gasteiger partial charge in [-0.05, 0) is 42.5 Å². The third-order valence-corrected chi connectivity index (χ3v) is 3.41. The van der Waals surface area contributed by atoms with Crippen molar-refractivity contribution in [2.45, 2.75) is 25.4 Å². The molecule has 0 spiro atoms. The Balaban J connectivity index is 0.000000202. The van der Waals surface area contributed by atoms with Crippen LogP contribution in [0, 0.1) is 0 Å². The smallest absolute Gasteiger partial charge is 0.416 e. The number of hydrogen-bond acceptors (Lipinski definition) is 2. The average molecular weight is 264 g/mol. The highest BCUT2D eigenvalue weighted by atomic mass is 32.2. The van der Waals surface area contributed by atoms with E-state index in [1.807, 2.05) is 0 Å². The molecule has 2 rings (SSSR count). The van der Waals surface area contributed by atoms with Crippen LogP contribution in [0.25, 0.3) is 0 Å². The molecule has 0 unspecified atom stereocenters. The molecule has 5 heteroatoms. The third kappa shape index (κ3) is 5.86. The Hall–Kier alpha value is -0.840. The van der Waals surface area contributed by atoms with E-state index in [9.17, 15) is 13.2 Å². The number of phenols is 1. The molecule has 1 nitrogen and oxygen atoms in total. The van der Waals surface area contributed by atoms with Crippen molar-refractivity contribution in [1.29, 1.82) is 0 Å². The van der Waals surface area contributed by atoms with Gasteiger partial charge in [0.25, 0.3) is 0 Å². The van der Waals surface area contributed by atoms with Gasteiger partial charge in [0.15, 0.2) is 0 Å². The number of alkyl halides is 3. The van der Waals surface area contributed by atoms with Gasteiger partial charge in [-0.1, -0.05) is 12.5 Å². The zero-order valence-corrected chi connectivity index (χ0v) is 10.2. The van der Waals surface area contributed by atoms with E-state index in [0.29, 0.717) is 6.07 Å². The summed E-state index contributed by atoms with van der Waals surface area (Å²) in [5, 5.41) is 8.68. The van der Waals surface area contributed by atoms with Crippen molar-refractivity contribution < 1.29 is 18.3 Å². The molecule has 1 fully saturated rings. The fourth-order valence-electron chi connectivity index (χ4n) is 1.37. The third-order valence-electron chi connectivity index (χ3n) is 2.25. The van der Waals surface area contributed by atoms with Gasteiger partial charge in [-0.25, -0.2) is 0 Å². The molecule has 1 aromatic carbocycles. The zero-order chi connectivity index (χ0) is 12.7. The van der Waals surface area contributed by atoms with E-state index >= 15 is 0 Å². The van der Waals surface area contributed by atoms with Crippen LogP contribution in [0.1, 0.15) is 24.8 Å². The van der Waals surface area contributed by atoms with Crippen LogP contribution < -0.4 is 0 Å². The van der Waals surface area contributed by atoms with Crippen LogP contribution in [0.15, 0.2) is 24.3 Å². The molecule has 0 saturated carbocycles. The zero-order valence-electron chi connectivity index (χ0n) is 9.33. The topological polar surface area (TPSA) is 20.2 Å². The predicted octanol–water partition coefficient (Wildman–Crippen LogP) is 4.31. The lowest BCUT2D eigenvalue weighted by Gasteiger charge is -2.05. The quantitative estimate of drug-likeness (QED) is 0.753. The van der Waals surface area contributed by atoms with Gasteiger partial charge in [-0.3, -0.25) is 0 Å². The van der Waals surface area contributed by atoms with Crippen molar-refractivity contribution in [3.63, 3.8) is 0 Å². The minimum atomic E-state index is -4.38. The molecular weight excluding hydrogens is 249 g/mol. The summed E-state index contributed by atoms with van der Waals surface area (Å²) in [6.07, 6.45) is 0.0288. The van der Waals surface area contributed by atoms with Crippen molar-refractivity contribution in [2.75, 3.05) is 11.5 Å². The van der Waals surface area contributed by atoms with Crippen molar-refractivity contribution >= 4 is 11.8 Å². The van der Waals surface area contributed by atoms with Crippen LogP contribution in [0.2, 0.25) is 0 Å². The van der Waals surface area contributed by atoms with Gasteiger partial charge < -0.3 is 5.11 Å². The van der Waals surface area contributed by atoms with Gasteiger partial charge in [0.2, 0.25) is 0 Å². The summed E-state index contributed by atoms with van der Waals surface area (Å²) in [4.78, 5) is 0. The molecule has 17 heavy (non-hydrogen) atoms. The minimum absolute atomic E-state index is 0.375. The predicted molar refractivity (Wildman–Crippen MR) is 64.3 cm³/mol. The van der Waals surface area contributed by atoms with Gasteiger partial charge in [0, 0.05) is 0 Å².